The van der Waals surface area contributed by atoms with Crippen molar-refractivity contribution < 1.29 is 9.59 Å². The molecule has 3 heterocycles. The second-order valence-electron chi connectivity index (χ2n) is 8.64. The molecule has 0 radical (unpaired) electrons. The summed E-state index contributed by atoms with van der Waals surface area (Å²) in [5.74, 6) is 0.837. The Morgan fingerprint density at radius 1 is 1.12 bits per heavy atom. The number of amides is 2. The van der Waals surface area contributed by atoms with Crippen LogP contribution in [0.4, 0.5) is 5.69 Å². The van der Waals surface area contributed by atoms with Crippen LogP contribution in [0, 0.1) is 6.92 Å². The minimum atomic E-state index is -0.132. The van der Waals surface area contributed by atoms with E-state index in [-0.39, 0.29) is 11.8 Å². The van der Waals surface area contributed by atoms with Crippen LogP contribution in [0.1, 0.15) is 53.0 Å². The number of aromatic nitrogens is 4. The van der Waals surface area contributed by atoms with E-state index in [1.54, 1.807) is 10.9 Å². The lowest BCUT2D eigenvalue weighted by Crippen LogP contribution is -2.26. The van der Waals surface area contributed by atoms with Crippen molar-refractivity contribution >= 4 is 28.5 Å². The van der Waals surface area contributed by atoms with Gasteiger partial charge in [0.1, 0.15) is 0 Å². The van der Waals surface area contributed by atoms with Crippen molar-refractivity contribution in [2.45, 2.75) is 39.0 Å². The lowest BCUT2D eigenvalue weighted by atomic mass is 10.1. The smallest absolute Gasteiger partial charge is 0.252 e. The van der Waals surface area contributed by atoms with Crippen molar-refractivity contribution in [3.63, 3.8) is 0 Å². The fourth-order valence-electron chi connectivity index (χ4n) is 4.09. The maximum Gasteiger partial charge on any atom is 0.252 e. The van der Waals surface area contributed by atoms with Gasteiger partial charge in [0.15, 0.2) is 11.5 Å². The molecule has 4 aromatic rings. The molecule has 0 aliphatic heterocycles. The third-order valence-electron chi connectivity index (χ3n) is 5.91. The molecule has 3 aromatic heterocycles. The lowest BCUT2D eigenvalue weighted by Gasteiger charge is -2.10. The maximum atomic E-state index is 13.3. The molecule has 8 nitrogen and oxygen atoms in total. The fourth-order valence-corrected chi connectivity index (χ4v) is 4.09. The van der Waals surface area contributed by atoms with Gasteiger partial charge in [0, 0.05) is 37.0 Å². The number of rotatable bonds is 7. The molecule has 2 amide bonds. The first-order chi connectivity index (χ1) is 16.5. The molecular weight excluding hydrogens is 428 g/mol. The van der Waals surface area contributed by atoms with Gasteiger partial charge < -0.3 is 10.6 Å². The van der Waals surface area contributed by atoms with Crippen LogP contribution in [-0.4, -0.2) is 38.1 Å². The largest absolute Gasteiger partial charge is 0.352 e. The van der Waals surface area contributed by atoms with Crippen molar-refractivity contribution in [3.05, 3.63) is 77.2 Å². The molecule has 5 rings (SSSR count). The van der Waals surface area contributed by atoms with Gasteiger partial charge >= 0.3 is 0 Å². The average molecular weight is 455 g/mol. The summed E-state index contributed by atoms with van der Waals surface area (Å²) >= 11 is 0. The van der Waals surface area contributed by atoms with Crippen LogP contribution in [0.3, 0.4) is 0 Å². The van der Waals surface area contributed by atoms with E-state index in [9.17, 15) is 9.59 Å². The summed E-state index contributed by atoms with van der Waals surface area (Å²) < 4.78 is 1.73. The zero-order valence-corrected chi connectivity index (χ0v) is 19.2. The Morgan fingerprint density at radius 3 is 2.59 bits per heavy atom. The third kappa shape index (κ3) is 4.52. The Hall–Kier alpha value is -4.07. The molecule has 1 aliphatic rings. The van der Waals surface area contributed by atoms with E-state index < -0.39 is 0 Å². The number of hydrogen-bond acceptors (Lipinski definition) is 5. The number of carbonyl (C=O) groups is 2. The number of fused-ring (bicyclic) bond motifs is 1. The number of carbonyl (C=O) groups excluding carboxylic acids is 2. The van der Waals surface area contributed by atoms with Gasteiger partial charge in [-0.05, 0) is 62.1 Å². The number of anilines is 1. The highest BCUT2D eigenvalue weighted by molar-refractivity contribution is 6.06. The van der Waals surface area contributed by atoms with Crippen LogP contribution in [0.5, 0.6) is 0 Å². The van der Waals surface area contributed by atoms with Gasteiger partial charge in [-0.25, -0.2) is 9.97 Å². The number of pyridine rings is 2. The Labute approximate surface area is 197 Å². The summed E-state index contributed by atoms with van der Waals surface area (Å²) in [4.78, 5) is 33.8. The van der Waals surface area contributed by atoms with E-state index in [4.69, 9.17) is 4.98 Å². The molecule has 0 bridgehead atoms. The molecule has 0 spiro atoms. The minimum absolute atomic E-state index is 0.101. The third-order valence-corrected chi connectivity index (χ3v) is 5.91. The van der Waals surface area contributed by atoms with Crippen molar-refractivity contribution in [3.8, 4) is 5.82 Å². The highest BCUT2D eigenvalue weighted by Crippen LogP contribution is 2.40. The molecule has 8 heteroatoms. The zero-order chi connectivity index (χ0) is 23.7. The Bertz CT molecular complexity index is 1360. The summed E-state index contributed by atoms with van der Waals surface area (Å²) in [7, 11) is 0. The molecular formula is C26H26N6O2. The van der Waals surface area contributed by atoms with Crippen molar-refractivity contribution in [1.29, 1.82) is 0 Å². The van der Waals surface area contributed by atoms with Crippen molar-refractivity contribution in [2.75, 3.05) is 11.9 Å². The van der Waals surface area contributed by atoms with E-state index in [1.165, 1.54) is 6.92 Å². The van der Waals surface area contributed by atoms with Gasteiger partial charge in [0.05, 0.1) is 16.6 Å². The second kappa shape index (κ2) is 9.05. The van der Waals surface area contributed by atoms with Gasteiger partial charge in [-0.2, -0.15) is 9.78 Å². The Balaban J connectivity index is 1.38. The Morgan fingerprint density at radius 2 is 1.91 bits per heavy atom. The number of nitrogens with one attached hydrogen (secondary N) is 2. The first kappa shape index (κ1) is 21.8. The van der Waals surface area contributed by atoms with Gasteiger partial charge in [-0.15, -0.1) is 0 Å². The number of nitrogens with zero attached hydrogens (tertiary/aromatic N) is 4. The van der Waals surface area contributed by atoms with Crippen LogP contribution < -0.4 is 10.6 Å². The summed E-state index contributed by atoms with van der Waals surface area (Å²) in [6, 6.07) is 15.2. The number of benzene rings is 1. The van der Waals surface area contributed by atoms with Crippen LogP contribution in [0.25, 0.3) is 16.9 Å². The molecule has 1 fully saturated rings. The van der Waals surface area contributed by atoms with Crippen LogP contribution in [-0.2, 0) is 11.2 Å². The highest BCUT2D eigenvalue weighted by atomic mass is 16.2. The van der Waals surface area contributed by atoms with Gasteiger partial charge in [0.25, 0.3) is 5.91 Å². The van der Waals surface area contributed by atoms with Gasteiger partial charge in [0.2, 0.25) is 5.91 Å². The van der Waals surface area contributed by atoms with Crippen LogP contribution in [0.2, 0.25) is 0 Å². The second-order valence-corrected chi connectivity index (χ2v) is 8.64. The molecule has 172 valence electrons. The van der Waals surface area contributed by atoms with E-state index in [0.29, 0.717) is 35.9 Å². The summed E-state index contributed by atoms with van der Waals surface area (Å²) in [5, 5.41) is 11.2. The molecule has 1 saturated carbocycles. The molecule has 1 aromatic carbocycles. The lowest BCUT2D eigenvalue weighted by molar-refractivity contribution is -0.114. The average Bonchev–Trinajstić information content (AvgIpc) is 3.63. The molecule has 34 heavy (non-hydrogen) atoms. The van der Waals surface area contributed by atoms with E-state index in [0.717, 1.165) is 40.9 Å². The van der Waals surface area contributed by atoms with Gasteiger partial charge in [-0.3, -0.25) is 9.59 Å². The van der Waals surface area contributed by atoms with E-state index in [2.05, 4.69) is 20.7 Å². The molecule has 0 unspecified atom stereocenters. The summed E-state index contributed by atoms with van der Waals surface area (Å²) in [6.07, 6.45) is 4.58. The monoisotopic (exact) mass is 454 g/mol. The molecule has 1 aliphatic carbocycles. The standard InChI is InChI=1S/C26H26N6O2/c1-16-24-21(26(34)28-14-12-18-6-10-20(11-7-18)29-17(2)33)15-22(19-8-9-19)30-25(24)32(31-16)23-5-3-4-13-27-23/h3-7,10-11,13,15,19H,8-9,12,14H2,1-2H3,(H,28,34)(H,29,33). The predicted octanol–water partition coefficient (Wildman–Crippen LogP) is 3.93. The van der Waals surface area contributed by atoms with Crippen LogP contribution >= 0.6 is 0 Å². The normalized spacial score (nSPS) is 13.1. The summed E-state index contributed by atoms with van der Waals surface area (Å²) in [5.41, 5.74) is 4.78. The predicted molar refractivity (Wildman–Crippen MR) is 130 cm³/mol. The molecule has 0 atom stereocenters. The van der Waals surface area contributed by atoms with Crippen molar-refractivity contribution in [1.82, 2.24) is 25.1 Å². The maximum absolute atomic E-state index is 13.3. The first-order valence-electron chi connectivity index (χ1n) is 11.5. The number of aryl methyl sites for hydroxylation is 1. The minimum Gasteiger partial charge on any atom is -0.352 e. The van der Waals surface area contributed by atoms with Crippen LogP contribution in [0.15, 0.2) is 54.7 Å². The zero-order valence-electron chi connectivity index (χ0n) is 19.2. The fraction of sp³-hybridized carbons (Fsp3) is 0.269. The SMILES string of the molecule is CC(=O)Nc1ccc(CCNC(=O)c2cc(C3CC3)nc3c2c(C)nn3-c2ccccn2)cc1. The van der Waals surface area contributed by atoms with E-state index >= 15 is 0 Å². The highest BCUT2D eigenvalue weighted by Gasteiger charge is 2.29. The van der Waals surface area contributed by atoms with Gasteiger partial charge in [-0.1, -0.05) is 18.2 Å². The van der Waals surface area contributed by atoms with Crippen molar-refractivity contribution in [2.24, 2.45) is 0 Å². The first-order valence-corrected chi connectivity index (χ1v) is 11.5. The van der Waals surface area contributed by atoms with E-state index in [1.807, 2.05) is 55.5 Å². The topological polar surface area (TPSA) is 102 Å². The molecule has 0 saturated heterocycles. The molecule has 2 N–H and O–H groups in total. The summed E-state index contributed by atoms with van der Waals surface area (Å²) in [6.45, 7) is 3.87. The Kier molecular flexibility index (Phi) is 5.79. The quantitative estimate of drug-likeness (QED) is 0.441. The number of hydrogen-bond donors (Lipinski definition) is 2.